The van der Waals surface area contributed by atoms with Gasteiger partial charge in [0.1, 0.15) is 0 Å². The van der Waals surface area contributed by atoms with Gasteiger partial charge in [0, 0.05) is 19.2 Å². The molecule has 0 atom stereocenters. The van der Waals surface area contributed by atoms with Crippen LogP contribution in [-0.2, 0) is 4.79 Å². The molecule has 1 aliphatic heterocycles. The van der Waals surface area contributed by atoms with Crippen LogP contribution >= 0.6 is 12.4 Å². The summed E-state index contributed by atoms with van der Waals surface area (Å²) in [4.78, 5) is 14.0. The van der Waals surface area contributed by atoms with E-state index >= 15 is 0 Å². The Hall–Kier alpha value is -1.59. The minimum absolute atomic E-state index is 0. The average Bonchev–Trinajstić information content (AvgIpc) is 2.54. The third-order valence-corrected chi connectivity index (χ3v) is 4.01. The molecule has 1 aliphatic rings. The van der Waals surface area contributed by atoms with Crippen molar-refractivity contribution in [2.24, 2.45) is 5.92 Å². The van der Waals surface area contributed by atoms with Crippen molar-refractivity contribution in [1.29, 1.82) is 0 Å². The molecule has 1 aromatic carbocycles. The van der Waals surface area contributed by atoms with E-state index < -0.39 is 5.82 Å². The van der Waals surface area contributed by atoms with Crippen LogP contribution in [0.5, 0.6) is 5.75 Å². The first-order valence-electron chi connectivity index (χ1n) is 7.59. The summed E-state index contributed by atoms with van der Waals surface area (Å²) in [6.07, 6.45) is 5.21. The number of methoxy groups -OCH3 is 1. The number of hydrogen-bond donors (Lipinski definition) is 1. The third-order valence-electron chi connectivity index (χ3n) is 4.01. The highest BCUT2D eigenvalue weighted by molar-refractivity contribution is 5.91. The fourth-order valence-corrected chi connectivity index (χ4v) is 2.71. The number of nitrogens with one attached hydrogen (secondary N) is 1. The number of amides is 1. The van der Waals surface area contributed by atoms with Crippen LogP contribution in [0.25, 0.3) is 6.08 Å². The van der Waals surface area contributed by atoms with E-state index in [1.807, 2.05) is 11.9 Å². The quantitative estimate of drug-likeness (QED) is 0.837. The number of likely N-dealkylation sites (tertiary alicyclic amines) is 1. The summed E-state index contributed by atoms with van der Waals surface area (Å²) in [7, 11) is 3.38. The molecule has 1 heterocycles. The van der Waals surface area contributed by atoms with Crippen LogP contribution in [0.3, 0.4) is 0 Å². The van der Waals surface area contributed by atoms with Gasteiger partial charge in [-0.1, -0.05) is 6.07 Å². The highest BCUT2D eigenvalue weighted by atomic mass is 35.5. The zero-order valence-electron chi connectivity index (χ0n) is 13.5. The number of rotatable bonds is 5. The number of piperidine rings is 1. The van der Waals surface area contributed by atoms with Crippen molar-refractivity contribution >= 4 is 24.4 Å². The maximum atomic E-state index is 13.6. The standard InChI is InChI=1S/C17H23FN2O2.ClH/c1-19-12-14-7-9-20(10-8-14)17(21)6-4-13-3-5-16(22-2)15(18)11-13;/h3-6,11,14,19H,7-10,12H2,1-2H3;1H/b6-4+;. The highest BCUT2D eigenvalue weighted by Gasteiger charge is 2.20. The summed E-state index contributed by atoms with van der Waals surface area (Å²) < 4.78 is 18.5. The Morgan fingerprint density at radius 3 is 2.70 bits per heavy atom. The summed E-state index contributed by atoms with van der Waals surface area (Å²) in [5, 5.41) is 3.18. The largest absolute Gasteiger partial charge is 0.494 e. The summed E-state index contributed by atoms with van der Waals surface area (Å²) >= 11 is 0. The predicted octanol–water partition coefficient (Wildman–Crippen LogP) is 2.73. The minimum Gasteiger partial charge on any atom is -0.494 e. The van der Waals surface area contributed by atoms with Crippen molar-refractivity contribution in [3.63, 3.8) is 0 Å². The van der Waals surface area contributed by atoms with Crippen molar-refractivity contribution in [2.75, 3.05) is 33.8 Å². The molecule has 0 unspecified atom stereocenters. The smallest absolute Gasteiger partial charge is 0.246 e. The molecule has 1 saturated heterocycles. The molecule has 1 N–H and O–H groups in total. The first kappa shape index (κ1) is 19.5. The van der Waals surface area contributed by atoms with Gasteiger partial charge in [0.05, 0.1) is 7.11 Å². The van der Waals surface area contributed by atoms with Crippen LogP contribution in [0.4, 0.5) is 4.39 Å². The summed E-state index contributed by atoms with van der Waals surface area (Å²) in [5.74, 6) is 0.410. The lowest BCUT2D eigenvalue weighted by Crippen LogP contribution is -2.39. The summed E-state index contributed by atoms with van der Waals surface area (Å²) in [5.41, 5.74) is 0.650. The Bertz CT molecular complexity index is 543. The summed E-state index contributed by atoms with van der Waals surface area (Å²) in [6, 6.07) is 4.65. The second-order valence-electron chi connectivity index (χ2n) is 5.55. The number of halogens is 2. The topological polar surface area (TPSA) is 41.6 Å². The van der Waals surface area contributed by atoms with E-state index in [-0.39, 0.29) is 24.1 Å². The fraction of sp³-hybridized carbons (Fsp3) is 0.471. The minimum atomic E-state index is -0.426. The van der Waals surface area contributed by atoms with Gasteiger partial charge < -0.3 is 15.0 Å². The van der Waals surface area contributed by atoms with Gasteiger partial charge in [-0.05, 0) is 56.1 Å². The molecule has 128 valence electrons. The molecule has 0 aromatic heterocycles. The Labute approximate surface area is 143 Å². The van der Waals surface area contributed by atoms with Crippen molar-refractivity contribution in [3.8, 4) is 5.75 Å². The zero-order valence-corrected chi connectivity index (χ0v) is 14.4. The van der Waals surface area contributed by atoms with Gasteiger partial charge in [0.15, 0.2) is 11.6 Å². The molecular formula is C17H24ClFN2O2. The highest BCUT2D eigenvalue weighted by Crippen LogP contribution is 2.19. The van der Waals surface area contributed by atoms with Crippen LogP contribution in [0.15, 0.2) is 24.3 Å². The van der Waals surface area contributed by atoms with Gasteiger partial charge in [0.25, 0.3) is 0 Å². The maximum Gasteiger partial charge on any atom is 0.246 e. The molecule has 23 heavy (non-hydrogen) atoms. The van der Waals surface area contributed by atoms with E-state index in [1.54, 1.807) is 18.2 Å². The normalized spacial score (nSPS) is 15.5. The SMILES string of the molecule is CNCC1CCN(C(=O)/C=C/c2ccc(OC)c(F)c2)CC1.Cl. The fourth-order valence-electron chi connectivity index (χ4n) is 2.71. The zero-order chi connectivity index (χ0) is 15.9. The molecule has 2 rings (SSSR count). The second kappa shape index (κ2) is 9.53. The van der Waals surface area contributed by atoms with E-state index in [0.717, 1.165) is 32.5 Å². The molecule has 6 heteroatoms. The van der Waals surface area contributed by atoms with Crippen LogP contribution in [0.1, 0.15) is 18.4 Å². The Balaban J connectivity index is 0.00000264. The van der Waals surface area contributed by atoms with Gasteiger partial charge in [-0.15, -0.1) is 12.4 Å². The number of ether oxygens (including phenoxy) is 1. The molecule has 1 fully saturated rings. The lowest BCUT2D eigenvalue weighted by Gasteiger charge is -2.31. The maximum absolute atomic E-state index is 13.6. The second-order valence-corrected chi connectivity index (χ2v) is 5.55. The Kier molecular flexibility index (Phi) is 8.06. The number of benzene rings is 1. The summed E-state index contributed by atoms with van der Waals surface area (Å²) in [6.45, 7) is 2.57. The van der Waals surface area contributed by atoms with Crippen LogP contribution < -0.4 is 10.1 Å². The molecule has 0 radical (unpaired) electrons. The van der Waals surface area contributed by atoms with Gasteiger partial charge in [-0.2, -0.15) is 0 Å². The van der Waals surface area contributed by atoms with E-state index in [2.05, 4.69) is 5.32 Å². The number of carbonyl (C=O) groups excluding carboxylic acids is 1. The van der Waals surface area contributed by atoms with E-state index in [9.17, 15) is 9.18 Å². The molecule has 4 nitrogen and oxygen atoms in total. The Morgan fingerprint density at radius 2 is 2.13 bits per heavy atom. The lowest BCUT2D eigenvalue weighted by molar-refractivity contribution is -0.127. The van der Waals surface area contributed by atoms with Gasteiger partial charge in [0.2, 0.25) is 5.91 Å². The number of hydrogen-bond acceptors (Lipinski definition) is 3. The number of carbonyl (C=O) groups is 1. The molecule has 1 amide bonds. The van der Waals surface area contributed by atoms with Crippen molar-refractivity contribution in [2.45, 2.75) is 12.8 Å². The monoisotopic (exact) mass is 342 g/mol. The lowest BCUT2D eigenvalue weighted by atomic mass is 9.97. The Morgan fingerprint density at radius 1 is 1.43 bits per heavy atom. The van der Waals surface area contributed by atoms with E-state index in [0.29, 0.717) is 11.5 Å². The molecule has 0 saturated carbocycles. The van der Waals surface area contributed by atoms with Crippen molar-refractivity contribution in [1.82, 2.24) is 10.2 Å². The van der Waals surface area contributed by atoms with Gasteiger partial charge in [-0.25, -0.2) is 4.39 Å². The van der Waals surface area contributed by atoms with E-state index in [4.69, 9.17) is 4.74 Å². The molecule has 1 aromatic rings. The number of nitrogens with zero attached hydrogens (tertiary/aromatic N) is 1. The molecule has 0 bridgehead atoms. The van der Waals surface area contributed by atoms with E-state index in [1.165, 1.54) is 19.3 Å². The first-order valence-corrected chi connectivity index (χ1v) is 7.59. The van der Waals surface area contributed by atoms with Crippen LogP contribution in [0.2, 0.25) is 0 Å². The third kappa shape index (κ3) is 5.52. The molecule has 0 aliphatic carbocycles. The van der Waals surface area contributed by atoms with Crippen LogP contribution in [0, 0.1) is 11.7 Å². The van der Waals surface area contributed by atoms with Gasteiger partial charge in [-0.3, -0.25) is 4.79 Å². The van der Waals surface area contributed by atoms with Crippen molar-refractivity contribution in [3.05, 3.63) is 35.7 Å². The molecule has 0 spiro atoms. The predicted molar refractivity (Wildman–Crippen MR) is 92.5 cm³/mol. The van der Waals surface area contributed by atoms with Gasteiger partial charge >= 0.3 is 0 Å². The van der Waals surface area contributed by atoms with Crippen LogP contribution in [-0.4, -0.2) is 44.6 Å². The molecular weight excluding hydrogens is 319 g/mol. The van der Waals surface area contributed by atoms with Crippen molar-refractivity contribution < 1.29 is 13.9 Å². The first-order chi connectivity index (χ1) is 10.6. The average molecular weight is 343 g/mol.